The third kappa shape index (κ3) is 1.42. The van der Waals surface area contributed by atoms with Gasteiger partial charge >= 0.3 is 0 Å². The fraction of sp³-hybridized carbons (Fsp3) is 0.727. The fourth-order valence-corrected chi connectivity index (χ4v) is 3.83. The van der Waals surface area contributed by atoms with Crippen LogP contribution in [0.5, 0.6) is 0 Å². The summed E-state index contributed by atoms with van der Waals surface area (Å²) in [5, 5.41) is 12.4. The molecule has 2 nitrogen and oxygen atoms in total. The van der Waals surface area contributed by atoms with Gasteiger partial charge in [0, 0.05) is 6.42 Å². The molecule has 4 heteroatoms. The minimum Gasteiger partial charge on any atom is -0.411 e. The summed E-state index contributed by atoms with van der Waals surface area (Å²) in [6, 6.07) is 0. The summed E-state index contributed by atoms with van der Waals surface area (Å²) in [4.78, 5) is 0. The number of fused-ring (bicyclic) bond motifs is 2. The van der Waals surface area contributed by atoms with Crippen molar-refractivity contribution in [2.24, 2.45) is 17.0 Å². The number of hydrogen-bond donors (Lipinski definition) is 1. The first-order valence-electron chi connectivity index (χ1n) is 5.44. The van der Waals surface area contributed by atoms with Gasteiger partial charge in [0.25, 0.3) is 0 Å². The highest BCUT2D eigenvalue weighted by molar-refractivity contribution is 6.49. The molecule has 15 heavy (non-hydrogen) atoms. The van der Waals surface area contributed by atoms with E-state index in [4.69, 9.17) is 28.4 Å². The first-order chi connectivity index (χ1) is 7.13. The monoisotopic (exact) mass is 245 g/mol. The Balaban J connectivity index is 2.03. The van der Waals surface area contributed by atoms with Crippen molar-refractivity contribution < 1.29 is 5.21 Å². The lowest BCUT2D eigenvalue weighted by Gasteiger charge is -2.32. The molecule has 0 aliphatic heterocycles. The van der Waals surface area contributed by atoms with E-state index in [-0.39, 0.29) is 0 Å². The zero-order chi connectivity index (χ0) is 10.6. The van der Waals surface area contributed by atoms with Crippen LogP contribution in [0.3, 0.4) is 0 Å². The van der Waals surface area contributed by atoms with Crippen LogP contribution in [0.2, 0.25) is 0 Å². The second-order valence-corrected chi connectivity index (χ2v) is 6.33. The average Bonchev–Trinajstić information content (AvgIpc) is 2.97. The predicted molar refractivity (Wildman–Crippen MR) is 60.7 cm³/mol. The van der Waals surface area contributed by atoms with E-state index in [0.717, 1.165) is 37.0 Å². The highest BCUT2D eigenvalue weighted by Gasteiger charge is 2.57. The van der Waals surface area contributed by atoms with Crippen molar-refractivity contribution in [2.45, 2.75) is 36.4 Å². The summed E-state index contributed by atoms with van der Waals surface area (Å²) in [7, 11) is 0. The standard InChI is InChI=1S/C11H13Cl2NO/c12-11(13)5-8-6(7-4-9(7)11)2-1-3-10(8)14-15/h7,9,15H,1-5H2/b14-10+. The lowest BCUT2D eigenvalue weighted by Crippen LogP contribution is -2.28. The minimum atomic E-state index is -0.628. The molecule has 0 saturated heterocycles. The SMILES string of the molecule is O/N=C1\CCCC2=C1CC(Cl)(Cl)C1CC21. The second-order valence-electron chi connectivity index (χ2n) is 4.79. The Bertz CT molecular complexity index is 373. The zero-order valence-corrected chi connectivity index (χ0v) is 9.85. The summed E-state index contributed by atoms with van der Waals surface area (Å²) >= 11 is 12.6. The second kappa shape index (κ2) is 3.14. The smallest absolute Gasteiger partial charge is 0.125 e. The number of oxime groups is 1. The number of hydrogen-bond acceptors (Lipinski definition) is 2. The van der Waals surface area contributed by atoms with Crippen LogP contribution in [-0.4, -0.2) is 15.3 Å². The summed E-state index contributed by atoms with van der Waals surface area (Å²) < 4.78 is -0.628. The Labute approximate surface area is 98.9 Å². The van der Waals surface area contributed by atoms with E-state index in [1.165, 1.54) is 5.57 Å². The molecule has 0 aromatic rings. The van der Waals surface area contributed by atoms with Crippen molar-refractivity contribution >= 4 is 28.9 Å². The van der Waals surface area contributed by atoms with Crippen molar-refractivity contribution in [1.82, 2.24) is 0 Å². The van der Waals surface area contributed by atoms with E-state index in [1.807, 2.05) is 0 Å². The highest BCUT2D eigenvalue weighted by Crippen LogP contribution is 2.63. The number of halogens is 2. The first kappa shape index (κ1) is 9.98. The molecule has 3 rings (SSSR count). The molecule has 3 aliphatic rings. The molecule has 3 aliphatic carbocycles. The third-order valence-corrected chi connectivity index (χ3v) is 4.74. The van der Waals surface area contributed by atoms with Crippen molar-refractivity contribution in [3.63, 3.8) is 0 Å². The van der Waals surface area contributed by atoms with Gasteiger partial charge in [-0.1, -0.05) is 10.7 Å². The topological polar surface area (TPSA) is 32.6 Å². The number of nitrogens with zero attached hydrogens (tertiary/aromatic N) is 1. The third-order valence-electron chi connectivity index (χ3n) is 3.91. The van der Waals surface area contributed by atoms with Crippen LogP contribution >= 0.6 is 23.2 Å². The van der Waals surface area contributed by atoms with Crippen molar-refractivity contribution in [1.29, 1.82) is 0 Å². The van der Waals surface area contributed by atoms with Crippen LogP contribution in [0.4, 0.5) is 0 Å². The molecular formula is C11H13Cl2NO. The maximum Gasteiger partial charge on any atom is 0.125 e. The largest absolute Gasteiger partial charge is 0.411 e. The average molecular weight is 246 g/mol. The van der Waals surface area contributed by atoms with Crippen LogP contribution < -0.4 is 0 Å². The fourth-order valence-electron chi connectivity index (χ4n) is 3.08. The van der Waals surface area contributed by atoms with Gasteiger partial charge in [-0.05, 0) is 43.1 Å². The summed E-state index contributed by atoms with van der Waals surface area (Å²) in [5.41, 5.74) is 3.43. The van der Waals surface area contributed by atoms with Gasteiger partial charge in [-0.3, -0.25) is 0 Å². The molecule has 0 spiro atoms. The lowest BCUT2D eigenvalue weighted by atomic mass is 9.80. The molecule has 0 aromatic heterocycles. The van der Waals surface area contributed by atoms with Crippen molar-refractivity contribution in [3.8, 4) is 0 Å². The summed E-state index contributed by atoms with van der Waals surface area (Å²) in [6.45, 7) is 0. The Morgan fingerprint density at radius 3 is 2.87 bits per heavy atom. The number of alkyl halides is 2. The van der Waals surface area contributed by atoms with Gasteiger partial charge in [0.05, 0.1) is 5.71 Å². The van der Waals surface area contributed by atoms with Crippen molar-refractivity contribution in [2.75, 3.05) is 0 Å². The highest BCUT2D eigenvalue weighted by atomic mass is 35.5. The predicted octanol–water partition coefficient (Wildman–Crippen LogP) is 3.51. The van der Waals surface area contributed by atoms with Gasteiger partial charge in [-0.15, -0.1) is 23.2 Å². The minimum absolute atomic E-state index is 0.442. The van der Waals surface area contributed by atoms with E-state index in [1.54, 1.807) is 0 Å². The van der Waals surface area contributed by atoms with Crippen LogP contribution in [0.1, 0.15) is 32.1 Å². The zero-order valence-electron chi connectivity index (χ0n) is 8.34. The molecule has 1 saturated carbocycles. The maximum atomic E-state index is 8.97. The molecule has 2 atom stereocenters. The lowest BCUT2D eigenvalue weighted by molar-refractivity contribution is 0.316. The van der Waals surface area contributed by atoms with E-state index < -0.39 is 4.33 Å². The van der Waals surface area contributed by atoms with Crippen LogP contribution in [0.15, 0.2) is 16.3 Å². The van der Waals surface area contributed by atoms with Crippen LogP contribution in [0.25, 0.3) is 0 Å². The van der Waals surface area contributed by atoms with Gasteiger partial charge < -0.3 is 5.21 Å². The number of allylic oxidation sites excluding steroid dienone is 2. The molecule has 1 fully saturated rings. The van der Waals surface area contributed by atoms with Crippen molar-refractivity contribution in [3.05, 3.63) is 11.1 Å². The van der Waals surface area contributed by atoms with E-state index >= 15 is 0 Å². The first-order valence-corrected chi connectivity index (χ1v) is 6.20. The van der Waals surface area contributed by atoms with Gasteiger partial charge in [-0.2, -0.15) is 0 Å². The van der Waals surface area contributed by atoms with E-state index in [0.29, 0.717) is 18.3 Å². The normalized spacial score (nSPS) is 40.0. The van der Waals surface area contributed by atoms with Crippen LogP contribution in [0, 0.1) is 11.8 Å². The number of rotatable bonds is 0. The molecule has 0 amide bonds. The molecule has 0 heterocycles. The Kier molecular flexibility index (Phi) is 2.09. The molecule has 1 N–H and O–H groups in total. The molecule has 82 valence electrons. The quantitative estimate of drug-likeness (QED) is 0.396. The van der Waals surface area contributed by atoms with Gasteiger partial charge in [0.1, 0.15) is 4.33 Å². The molecule has 0 radical (unpaired) electrons. The molecule has 0 bridgehead atoms. The summed E-state index contributed by atoms with van der Waals surface area (Å²) in [5.74, 6) is 1.01. The molecule has 0 aromatic carbocycles. The Morgan fingerprint density at radius 2 is 2.13 bits per heavy atom. The summed E-state index contributed by atoms with van der Waals surface area (Å²) in [6.07, 6.45) is 4.87. The Hall–Kier alpha value is -0.210. The van der Waals surface area contributed by atoms with Gasteiger partial charge in [-0.25, -0.2) is 0 Å². The van der Waals surface area contributed by atoms with Gasteiger partial charge in [0.15, 0.2) is 0 Å². The van der Waals surface area contributed by atoms with Gasteiger partial charge in [0.2, 0.25) is 0 Å². The molecular weight excluding hydrogens is 233 g/mol. The van der Waals surface area contributed by atoms with Crippen LogP contribution in [-0.2, 0) is 0 Å². The maximum absolute atomic E-state index is 8.97. The molecule has 2 unspecified atom stereocenters. The van der Waals surface area contributed by atoms with E-state index in [9.17, 15) is 0 Å². The Morgan fingerprint density at radius 1 is 1.33 bits per heavy atom. The van der Waals surface area contributed by atoms with E-state index in [2.05, 4.69) is 5.16 Å².